The van der Waals surface area contributed by atoms with Crippen molar-refractivity contribution in [2.24, 2.45) is 0 Å². The second-order valence-electron chi connectivity index (χ2n) is 11.0. The molecule has 0 spiro atoms. The van der Waals surface area contributed by atoms with Crippen LogP contribution in [0.15, 0.2) is 157 Å². The van der Waals surface area contributed by atoms with Crippen LogP contribution < -0.4 is 0 Å². The van der Waals surface area contributed by atoms with Gasteiger partial charge in [-0.25, -0.2) is 0 Å². The number of hydrogen-bond acceptors (Lipinski definition) is 2. The Bertz CT molecular complexity index is 2370. The molecule has 1 aromatic heterocycles. The standard InChI is InChI=1S/C41H27NO/c1-26(29-20-22-35-38(25-29)43-37-24-21-27-11-5-6-14-30(27)41(35)37)19-23-36(42)40-33-17-9-7-15-31(33)39(28-12-3-2-4-13-28)32-16-8-10-18-34(32)40/h2-25,42H,1H2/b23-19-,42-36?. The third kappa shape index (κ3) is 4.07. The average Bonchev–Trinajstić information content (AvgIpc) is 3.45. The van der Waals surface area contributed by atoms with Crippen LogP contribution in [-0.2, 0) is 0 Å². The first kappa shape index (κ1) is 25.0. The molecule has 1 heterocycles. The molecule has 0 fully saturated rings. The van der Waals surface area contributed by atoms with Gasteiger partial charge in [0.2, 0.25) is 0 Å². The van der Waals surface area contributed by atoms with Crippen LogP contribution in [0.4, 0.5) is 0 Å². The van der Waals surface area contributed by atoms with Gasteiger partial charge in [0, 0.05) is 16.3 Å². The van der Waals surface area contributed by atoms with Crippen molar-refractivity contribution in [3.05, 3.63) is 163 Å². The van der Waals surface area contributed by atoms with Crippen molar-refractivity contribution in [1.82, 2.24) is 0 Å². The summed E-state index contributed by atoms with van der Waals surface area (Å²) >= 11 is 0. The van der Waals surface area contributed by atoms with Gasteiger partial charge in [0.1, 0.15) is 11.2 Å². The lowest BCUT2D eigenvalue weighted by atomic mass is 9.86. The summed E-state index contributed by atoms with van der Waals surface area (Å²) in [6, 6.07) is 46.2. The molecule has 0 radical (unpaired) electrons. The highest BCUT2D eigenvalue weighted by atomic mass is 16.3. The van der Waals surface area contributed by atoms with E-state index in [2.05, 4.69) is 128 Å². The molecule has 0 aliphatic rings. The van der Waals surface area contributed by atoms with E-state index in [1.165, 1.54) is 21.9 Å². The number of fused-ring (bicyclic) bond motifs is 7. The van der Waals surface area contributed by atoms with Crippen LogP contribution in [0.5, 0.6) is 0 Å². The highest BCUT2D eigenvalue weighted by Crippen LogP contribution is 2.40. The molecule has 2 nitrogen and oxygen atoms in total. The summed E-state index contributed by atoms with van der Waals surface area (Å²) in [4.78, 5) is 0. The lowest BCUT2D eigenvalue weighted by Gasteiger charge is -2.17. The lowest BCUT2D eigenvalue weighted by molar-refractivity contribution is 0.669. The maximum atomic E-state index is 9.26. The summed E-state index contributed by atoms with van der Waals surface area (Å²) in [6.07, 6.45) is 3.81. The van der Waals surface area contributed by atoms with E-state index in [0.717, 1.165) is 60.2 Å². The van der Waals surface area contributed by atoms with E-state index >= 15 is 0 Å². The minimum atomic E-state index is 0.449. The number of nitrogens with one attached hydrogen (secondary N) is 1. The Labute approximate surface area is 249 Å². The highest BCUT2D eigenvalue weighted by molar-refractivity contribution is 6.28. The van der Waals surface area contributed by atoms with Crippen molar-refractivity contribution in [3.8, 4) is 11.1 Å². The molecule has 0 amide bonds. The first-order valence-electron chi connectivity index (χ1n) is 14.5. The van der Waals surface area contributed by atoms with Crippen molar-refractivity contribution >= 4 is 65.5 Å². The van der Waals surface area contributed by atoms with Gasteiger partial charge in [-0.2, -0.15) is 0 Å². The summed E-state index contributed by atoms with van der Waals surface area (Å²) in [5, 5.41) is 18.3. The molecule has 8 aromatic rings. The fourth-order valence-corrected chi connectivity index (χ4v) is 6.44. The smallest absolute Gasteiger partial charge is 0.136 e. The van der Waals surface area contributed by atoms with E-state index in [1.54, 1.807) is 0 Å². The van der Waals surface area contributed by atoms with Gasteiger partial charge in [-0.3, -0.25) is 0 Å². The maximum absolute atomic E-state index is 9.26. The second-order valence-corrected chi connectivity index (χ2v) is 11.0. The van der Waals surface area contributed by atoms with E-state index < -0.39 is 0 Å². The Morgan fingerprint density at radius 2 is 1.19 bits per heavy atom. The van der Waals surface area contributed by atoms with Crippen LogP contribution in [0.2, 0.25) is 0 Å². The predicted molar refractivity (Wildman–Crippen MR) is 183 cm³/mol. The normalized spacial score (nSPS) is 11.8. The Morgan fingerprint density at radius 3 is 1.91 bits per heavy atom. The second kappa shape index (κ2) is 9.97. The SMILES string of the molecule is C=C(/C=C\C(=N)c1c2ccccc2c(-c2ccccc2)c2ccccc12)c1ccc2c(c1)oc1ccc3ccccc3c12. The van der Waals surface area contributed by atoms with E-state index in [-0.39, 0.29) is 0 Å². The molecule has 0 saturated carbocycles. The van der Waals surface area contributed by atoms with Crippen LogP contribution in [0.3, 0.4) is 0 Å². The van der Waals surface area contributed by atoms with E-state index in [1.807, 2.05) is 24.3 Å². The molecule has 0 bridgehead atoms. The molecule has 202 valence electrons. The molecule has 0 unspecified atom stereocenters. The van der Waals surface area contributed by atoms with Gasteiger partial charge in [-0.05, 0) is 78.9 Å². The largest absolute Gasteiger partial charge is 0.456 e. The Morgan fingerprint density at radius 1 is 0.558 bits per heavy atom. The van der Waals surface area contributed by atoms with E-state index in [4.69, 9.17) is 4.42 Å². The molecule has 8 rings (SSSR count). The van der Waals surface area contributed by atoms with Gasteiger partial charge in [0.05, 0.1) is 5.71 Å². The molecule has 0 atom stereocenters. The lowest BCUT2D eigenvalue weighted by Crippen LogP contribution is -2.00. The van der Waals surface area contributed by atoms with Crippen LogP contribution in [0.25, 0.3) is 71.0 Å². The topological polar surface area (TPSA) is 37.0 Å². The third-order valence-electron chi connectivity index (χ3n) is 8.45. The number of benzene rings is 7. The zero-order valence-electron chi connectivity index (χ0n) is 23.5. The van der Waals surface area contributed by atoms with Crippen molar-refractivity contribution in [2.45, 2.75) is 0 Å². The number of hydrogen-bond donors (Lipinski definition) is 1. The van der Waals surface area contributed by atoms with Crippen LogP contribution >= 0.6 is 0 Å². The Hall–Kier alpha value is -5.73. The zero-order valence-corrected chi connectivity index (χ0v) is 23.5. The molecule has 43 heavy (non-hydrogen) atoms. The van der Waals surface area contributed by atoms with Crippen LogP contribution in [0, 0.1) is 5.41 Å². The summed E-state index contributed by atoms with van der Waals surface area (Å²) in [7, 11) is 0. The van der Waals surface area contributed by atoms with Gasteiger partial charge in [0.15, 0.2) is 0 Å². The number of furan rings is 1. The molecule has 0 saturated heterocycles. The monoisotopic (exact) mass is 549 g/mol. The van der Waals surface area contributed by atoms with Crippen molar-refractivity contribution < 1.29 is 4.42 Å². The van der Waals surface area contributed by atoms with Gasteiger partial charge in [0.25, 0.3) is 0 Å². The molecular formula is C41H27NO. The predicted octanol–water partition coefficient (Wildman–Crippen LogP) is 11.4. The quantitative estimate of drug-likeness (QED) is 0.129. The van der Waals surface area contributed by atoms with Crippen molar-refractivity contribution in [2.75, 3.05) is 0 Å². The maximum Gasteiger partial charge on any atom is 0.136 e. The van der Waals surface area contributed by atoms with E-state index in [0.29, 0.717) is 5.71 Å². The van der Waals surface area contributed by atoms with Crippen LogP contribution in [0.1, 0.15) is 11.1 Å². The molecule has 1 N–H and O–H groups in total. The first-order valence-corrected chi connectivity index (χ1v) is 14.5. The molecule has 0 aliphatic heterocycles. The first-order chi connectivity index (χ1) is 21.2. The van der Waals surface area contributed by atoms with Gasteiger partial charge < -0.3 is 9.83 Å². The van der Waals surface area contributed by atoms with Gasteiger partial charge in [-0.15, -0.1) is 0 Å². The third-order valence-corrected chi connectivity index (χ3v) is 8.45. The minimum absolute atomic E-state index is 0.449. The minimum Gasteiger partial charge on any atom is -0.456 e. The zero-order chi connectivity index (χ0) is 28.9. The average molecular weight is 550 g/mol. The molecular weight excluding hydrogens is 522 g/mol. The van der Waals surface area contributed by atoms with Crippen molar-refractivity contribution in [3.63, 3.8) is 0 Å². The van der Waals surface area contributed by atoms with Crippen LogP contribution in [-0.4, -0.2) is 5.71 Å². The summed E-state index contributed by atoms with van der Waals surface area (Å²) in [5.74, 6) is 0. The Kier molecular flexibility index (Phi) is 5.80. The molecule has 2 heteroatoms. The fourth-order valence-electron chi connectivity index (χ4n) is 6.44. The van der Waals surface area contributed by atoms with Gasteiger partial charge >= 0.3 is 0 Å². The summed E-state index contributed by atoms with van der Waals surface area (Å²) in [6.45, 7) is 4.35. The van der Waals surface area contributed by atoms with E-state index in [9.17, 15) is 5.41 Å². The Balaban J connectivity index is 1.20. The number of allylic oxidation sites excluding steroid dienone is 3. The summed E-state index contributed by atoms with van der Waals surface area (Å²) < 4.78 is 6.28. The van der Waals surface area contributed by atoms with Gasteiger partial charge in [-0.1, -0.05) is 128 Å². The summed E-state index contributed by atoms with van der Waals surface area (Å²) in [5.41, 5.74) is 7.25. The molecule has 0 aliphatic carbocycles. The fraction of sp³-hybridized carbons (Fsp3) is 0. The van der Waals surface area contributed by atoms with Crippen molar-refractivity contribution in [1.29, 1.82) is 5.41 Å². The molecule has 7 aromatic carbocycles. The highest BCUT2D eigenvalue weighted by Gasteiger charge is 2.17. The number of rotatable bonds is 5.